The van der Waals surface area contributed by atoms with E-state index in [2.05, 4.69) is 15.3 Å². The number of carbonyl (C=O) groups is 1. The summed E-state index contributed by atoms with van der Waals surface area (Å²) in [5.74, 6) is -0.441. The maximum absolute atomic E-state index is 11.8. The fourth-order valence-corrected chi connectivity index (χ4v) is 1.66. The number of carbonyl (C=O) groups excluding carboxylic acids is 1. The molecule has 1 heterocycles. The predicted molar refractivity (Wildman–Crippen MR) is 71.5 cm³/mol. The average molecular weight is 303 g/mol. The summed E-state index contributed by atoms with van der Waals surface area (Å²) in [5, 5.41) is 3.43. The minimum atomic E-state index is -0.441. The van der Waals surface area contributed by atoms with E-state index in [9.17, 15) is 4.79 Å². The van der Waals surface area contributed by atoms with E-state index in [0.717, 1.165) is 0 Å². The quantitative estimate of drug-likeness (QED) is 0.920. The van der Waals surface area contributed by atoms with Crippen LogP contribution in [0, 0.1) is 0 Å². The van der Waals surface area contributed by atoms with Crippen LogP contribution in [0.25, 0.3) is 0 Å². The summed E-state index contributed by atoms with van der Waals surface area (Å²) >= 11 is 17.4. The molecule has 1 N–H and O–H groups in total. The van der Waals surface area contributed by atoms with Gasteiger partial charge in [0.15, 0.2) is 0 Å². The third-order valence-electron chi connectivity index (χ3n) is 2.05. The zero-order chi connectivity index (χ0) is 13.1. The molecular weight excluding hydrogens is 296 g/mol. The summed E-state index contributed by atoms with van der Waals surface area (Å²) in [4.78, 5) is 19.4. The van der Waals surface area contributed by atoms with Crippen LogP contribution in [-0.2, 0) is 0 Å². The lowest BCUT2D eigenvalue weighted by atomic mass is 10.3. The van der Waals surface area contributed by atoms with E-state index in [1.165, 1.54) is 12.4 Å². The van der Waals surface area contributed by atoms with Gasteiger partial charge >= 0.3 is 0 Å². The van der Waals surface area contributed by atoms with Crippen molar-refractivity contribution in [3.63, 3.8) is 0 Å². The highest BCUT2D eigenvalue weighted by Gasteiger charge is 2.11. The molecule has 4 nitrogen and oxygen atoms in total. The first kappa shape index (κ1) is 13.1. The van der Waals surface area contributed by atoms with Gasteiger partial charge in [-0.15, -0.1) is 0 Å². The Balaban J connectivity index is 2.21. The Hall–Kier alpha value is -1.36. The molecule has 0 aliphatic heterocycles. The van der Waals surface area contributed by atoms with Crippen LogP contribution in [0.1, 0.15) is 10.5 Å². The molecule has 0 fully saturated rings. The molecule has 1 aromatic heterocycles. The molecule has 0 bridgehead atoms. The SMILES string of the molecule is O=C(Nc1cccc(Cl)c1Cl)c1cnc(Cl)cn1. The summed E-state index contributed by atoms with van der Waals surface area (Å²) in [6.45, 7) is 0. The standard InChI is InChI=1S/C11H6Cl3N3O/c12-6-2-1-3-7(10(6)14)17-11(18)8-4-16-9(13)5-15-8/h1-5H,(H,17,18). The number of anilines is 1. The van der Waals surface area contributed by atoms with Crippen LogP contribution in [0.4, 0.5) is 5.69 Å². The number of hydrogen-bond donors (Lipinski definition) is 1. The molecule has 2 rings (SSSR count). The van der Waals surface area contributed by atoms with Gasteiger partial charge in [-0.25, -0.2) is 9.97 Å². The van der Waals surface area contributed by atoms with Crippen LogP contribution in [0.3, 0.4) is 0 Å². The van der Waals surface area contributed by atoms with Gasteiger partial charge in [0, 0.05) is 0 Å². The second-order valence-corrected chi connectivity index (χ2v) is 4.45. The van der Waals surface area contributed by atoms with Crippen LogP contribution in [-0.4, -0.2) is 15.9 Å². The van der Waals surface area contributed by atoms with Gasteiger partial charge in [-0.1, -0.05) is 40.9 Å². The Morgan fingerprint density at radius 3 is 2.56 bits per heavy atom. The molecule has 1 aromatic carbocycles. The van der Waals surface area contributed by atoms with Crippen molar-refractivity contribution in [2.24, 2.45) is 0 Å². The number of amides is 1. The van der Waals surface area contributed by atoms with Crippen LogP contribution in [0.5, 0.6) is 0 Å². The molecule has 0 saturated heterocycles. The van der Waals surface area contributed by atoms with E-state index in [1.54, 1.807) is 18.2 Å². The molecule has 0 saturated carbocycles. The Morgan fingerprint density at radius 1 is 1.11 bits per heavy atom. The van der Waals surface area contributed by atoms with Crippen molar-refractivity contribution < 1.29 is 4.79 Å². The lowest BCUT2D eigenvalue weighted by Gasteiger charge is -2.07. The predicted octanol–water partition coefficient (Wildman–Crippen LogP) is 3.69. The second-order valence-electron chi connectivity index (χ2n) is 3.28. The van der Waals surface area contributed by atoms with Crippen molar-refractivity contribution >= 4 is 46.4 Å². The lowest BCUT2D eigenvalue weighted by molar-refractivity contribution is 0.102. The fourth-order valence-electron chi connectivity index (χ4n) is 1.22. The van der Waals surface area contributed by atoms with Crippen molar-refractivity contribution in [1.82, 2.24) is 9.97 Å². The molecule has 18 heavy (non-hydrogen) atoms. The van der Waals surface area contributed by atoms with Crippen molar-refractivity contribution in [2.75, 3.05) is 5.32 Å². The summed E-state index contributed by atoms with van der Waals surface area (Å²) in [6, 6.07) is 4.94. The van der Waals surface area contributed by atoms with E-state index in [-0.39, 0.29) is 15.9 Å². The molecule has 0 aliphatic carbocycles. The second kappa shape index (κ2) is 5.52. The monoisotopic (exact) mass is 301 g/mol. The number of rotatable bonds is 2. The molecule has 2 aromatic rings. The van der Waals surface area contributed by atoms with Crippen molar-refractivity contribution in [3.05, 3.63) is 51.5 Å². The van der Waals surface area contributed by atoms with Crippen LogP contribution < -0.4 is 5.32 Å². The van der Waals surface area contributed by atoms with E-state index in [0.29, 0.717) is 10.7 Å². The normalized spacial score (nSPS) is 10.2. The van der Waals surface area contributed by atoms with Gasteiger partial charge in [-0.05, 0) is 12.1 Å². The highest BCUT2D eigenvalue weighted by Crippen LogP contribution is 2.29. The Bertz CT molecular complexity index is 587. The van der Waals surface area contributed by atoms with E-state index in [4.69, 9.17) is 34.8 Å². The van der Waals surface area contributed by atoms with Gasteiger partial charge in [-0.3, -0.25) is 4.79 Å². The number of hydrogen-bond acceptors (Lipinski definition) is 3. The molecule has 0 atom stereocenters. The third kappa shape index (κ3) is 2.90. The van der Waals surface area contributed by atoms with E-state index >= 15 is 0 Å². The average Bonchev–Trinajstić information content (AvgIpc) is 2.36. The maximum Gasteiger partial charge on any atom is 0.275 e. The van der Waals surface area contributed by atoms with E-state index < -0.39 is 5.91 Å². The molecule has 0 aliphatic rings. The highest BCUT2D eigenvalue weighted by molar-refractivity contribution is 6.44. The van der Waals surface area contributed by atoms with Crippen LogP contribution in [0.2, 0.25) is 15.2 Å². The molecule has 0 spiro atoms. The Labute approximate surface area is 118 Å². The molecule has 1 amide bonds. The number of nitrogens with one attached hydrogen (secondary N) is 1. The zero-order valence-electron chi connectivity index (χ0n) is 8.82. The number of nitrogens with zero attached hydrogens (tertiary/aromatic N) is 2. The van der Waals surface area contributed by atoms with Gasteiger partial charge in [-0.2, -0.15) is 0 Å². The topological polar surface area (TPSA) is 54.9 Å². The molecular formula is C11H6Cl3N3O. The lowest BCUT2D eigenvalue weighted by Crippen LogP contribution is -2.14. The first-order valence-electron chi connectivity index (χ1n) is 4.81. The fraction of sp³-hybridized carbons (Fsp3) is 0. The minimum absolute atomic E-state index is 0.135. The van der Waals surface area contributed by atoms with Gasteiger partial charge in [0.05, 0.1) is 28.1 Å². The first-order valence-corrected chi connectivity index (χ1v) is 5.94. The molecule has 0 unspecified atom stereocenters. The number of benzene rings is 1. The zero-order valence-corrected chi connectivity index (χ0v) is 11.1. The highest BCUT2D eigenvalue weighted by atomic mass is 35.5. The summed E-state index contributed by atoms with van der Waals surface area (Å²) in [6.07, 6.45) is 2.56. The summed E-state index contributed by atoms with van der Waals surface area (Å²) < 4.78 is 0. The maximum atomic E-state index is 11.8. The van der Waals surface area contributed by atoms with Crippen LogP contribution >= 0.6 is 34.8 Å². The summed E-state index contributed by atoms with van der Waals surface area (Å²) in [5.41, 5.74) is 0.543. The Kier molecular flexibility index (Phi) is 4.01. The molecule has 7 heteroatoms. The third-order valence-corrected chi connectivity index (χ3v) is 3.07. The van der Waals surface area contributed by atoms with Crippen molar-refractivity contribution in [3.8, 4) is 0 Å². The molecule has 0 radical (unpaired) electrons. The van der Waals surface area contributed by atoms with Gasteiger partial charge in [0.1, 0.15) is 10.8 Å². The van der Waals surface area contributed by atoms with Gasteiger partial charge in [0.2, 0.25) is 0 Å². The van der Waals surface area contributed by atoms with Gasteiger partial charge in [0.25, 0.3) is 5.91 Å². The first-order chi connectivity index (χ1) is 8.58. The smallest absolute Gasteiger partial charge is 0.275 e. The minimum Gasteiger partial charge on any atom is -0.319 e. The number of halogens is 3. The number of aromatic nitrogens is 2. The van der Waals surface area contributed by atoms with E-state index in [1.807, 2.05) is 0 Å². The molecule has 92 valence electrons. The van der Waals surface area contributed by atoms with Crippen molar-refractivity contribution in [2.45, 2.75) is 0 Å². The van der Waals surface area contributed by atoms with Gasteiger partial charge < -0.3 is 5.32 Å². The van der Waals surface area contributed by atoms with Crippen LogP contribution in [0.15, 0.2) is 30.6 Å². The Morgan fingerprint density at radius 2 is 1.89 bits per heavy atom. The summed E-state index contributed by atoms with van der Waals surface area (Å²) in [7, 11) is 0. The van der Waals surface area contributed by atoms with Crippen molar-refractivity contribution in [1.29, 1.82) is 0 Å². The largest absolute Gasteiger partial charge is 0.319 e.